The third kappa shape index (κ3) is 2.02. The summed E-state index contributed by atoms with van der Waals surface area (Å²) in [5, 5.41) is 9.12. The number of anilines is 2. The van der Waals surface area contributed by atoms with Crippen LogP contribution >= 0.6 is 0 Å². The van der Waals surface area contributed by atoms with Crippen molar-refractivity contribution in [3.8, 4) is 0 Å². The highest BCUT2D eigenvalue weighted by molar-refractivity contribution is 5.96. The molecule has 2 fully saturated rings. The predicted molar refractivity (Wildman–Crippen MR) is 70.3 cm³/mol. The molecule has 0 radical (unpaired) electrons. The number of nitrogens with zero attached hydrogens (tertiary/aromatic N) is 2. The second-order valence-corrected chi connectivity index (χ2v) is 5.00. The fraction of sp³-hybridized carbons (Fsp3) is 0.538. The highest BCUT2D eigenvalue weighted by atomic mass is 16.5. The first-order valence-corrected chi connectivity index (χ1v) is 6.54. The fourth-order valence-electron chi connectivity index (χ4n) is 3.07. The van der Waals surface area contributed by atoms with Gasteiger partial charge in [-0.2, -0.15) is 0 Å². The van der Waals surface area contributed by atoms with Crippen molar-refractivity contribution in [2.45, 2.75) is 31.4 Å². The molecule has 1 aliphatic carbocycles. The van der Waals surface area contributed by atoms with Crippen LogP contribution in [0, 0.1) is 0 Å². The number of fused-ring (bicyclic) bond motifs is 1. The van der Waals surface area contributed by atoms with Gasteiger partial charge in [-0.3, -0.25) is 0 Å². The molecule has 1 aromatic heterocycles. The highest BCUT2D eigenvalue weighted by Gasteiger charge is 2.37. The molecule has 0 amide bonds. The molecule has 2 unspecified atom stereocenters. The Bertz CT molecular complexity index is 506. The number of nitrogens with two attached hydrogens (primary N) is 1. The topological polar surface area (TPSA) is 88.7 Å². The van der Waals surface area contributed by atoms with Crippen LogP contribution in [-0.4, -0.2) is 41.4 Å². The zero-order chi connectivity index (χ0) is 13.4. The van der Waals surface area contributed by atoms with Crippen LogP contribution in [0.5, 0.6) is 0 Å². The lowest BCUT2D eigenvalue weighted by Crippen LogP contribution is -2.49. The second kappa shape index (κ2) is 4.70. The van der Waals surface area contributed by atoms with Crippen molar-refractivity contribution in [1.82, 2.24) is 4.98 Å². The number of morpholine rings is 1. The third-order valence-electron chi connectivity index (χ3n) is 3.95. The number of aromatic carboxylic acids is 1. The van der Waals surface area contributed by atoms with E-state index in [1.807, 2.05) is 0 Å². The molecule has 3 rings (SSSR count). The Morgan fingerprint density at radius 2 is 2.37 bits per heavy atom. The van der Waals surface area contributed by atoms with Crippen molar-refractivity contribution in [3.05, 3.63) is 17.8 Å². The minimum atomic E-state index is -1.02. The number of carbonyl (C=O) groups is 1. The van der Waals surface area contributed by atoms with Crippen molar-refractivity contribution < 1.29 is 14.6 Å². The summed E-state index contributed by atoms with van der Waals surface area (Å²) in [6.45, 7) is 1.35. The average Bonchev–Trinajstić information content (AvgIpc) is 2.87. The molecule has 2 aliphatic rings. The maximum absolute atomic E-state index is 11.1. The van der Waals surface area contributed by atoms with Gasteiger partial charge in [-0.05, 0) is 25.3 Å². The number of nitrogen functional groups attached to an aromatic ring is 1. The lowest BCUT2D eigenvalue weighted by atomic mass is 10.1. The van der Waals surface area contributed by atoms with Gasteiger partial charge in [0, 0.05) is 12.7 Å². The second-order valence-electron chi connectivity index (χ2n) is 5.00. The molecule has 19 heavy (non-hydrogen) atoms. The summed E-state index contributed by atoms with van der Waals surface area (Å²) in [7, 11) is 0. The third-order valence-corrected chi connectivity index (χ3v) is 3.95. The molecule has 6 heteroatoms. The smallest absolute Gasteiger partial charge is 0.337 e. The van der Waals surface area contributed by atoms with Crippen molar-refractivity contribution in [1.29, 1.82) is 0 Å². The van der Waals surface area contributed by atoms with Gasteiger partial charge in [0.25, 0.3) is 0 Å². The van der Waals surface area contributed by atoms with E-state index in [-0.39, 0.29) is 23.4 Å². The molecular formula is C13H17N3O3. The van der Waals surface area contributed by atoms with Crippen molar-refractivity contribution in [2.75, 3.05) is 23.8 Å². The highest BCUT2D eigenvalue weighted by Crippen LogP contribution is 2.35. The Morgan fingerprint density at radius 3 is 3.16 bits per heavy atom. The van der Waals surface area contributed by atoms with E-state index in [2.05, 4.69) is 9.88 Å². The summed E-state index contributed by atoms with van der Waals surface area (Å²) in [4.78, 5) is 17.5. The maximum Gasteiger partial charge on any atom is 0.337 e. The van der Waals surface area contributed by atoms with Gasteiger partial charge < -0.3 is 20.5 Å². The molecular weight excluding hydrogens is 246 g/mol. The summed E-state index contributed by atoms with van der Waals surface area (Å²) in [5.74, 6) is -0.433. The number of ether oxygens (including phenoxy) is 1. The van der Waals surface area contributed by atoms with E-state index in [0.29, 0.717) is 19.0 Å². The number of pyridine rings is 1. The molecule has 102 valence electrons. The SMILES string of the molecule is Nc1c(C(=O)O)ccnc1N1CCOC2CCCC21. The summed E-state index contributed by atoms with van der Waals surface area (Å²) in [5.41, 5.74) is 6.34. The molecule has 2 heterocycles. The van der Waals surface area contributed by atoms with Gasteiger partial charge in [-0.15, -0.1) is 0 Å². The van der Waals surface area contributed by atoms with E-state index in [1.54, 1.807) is 0 Å². The van der Waals surface area contributed by atoms with E-state index >= 15 is 0 Å². The minimum absolute atomic E-state index is 0.117. The van der Waals surface area contributed by atoms with E-state index in [4.69, 9.17) is 15.6 Å². The monoisotopic (exact) mass is 263 g/mol. The average molecular weight is 263 g/mol. The lowest BCUT2D eigenvalue weighted by Gasteiger charge is -2.39. The number of carboxylic acid groups (broad SMARTS) is 1. The van der Waals surface area contributed by atoms with Crippen LogP contribution < -0.4 is 10.6 Å². The first-order valence-electron chi connectivity index (χ1n) is 6.54. The first kappa shape index (κ1) is 12.2. The maximum atomic E-state index is 11.1. The molecule has 3 N–H and O–H groups in total. The van der Waals surface area contributed by atoms with E-state index in [1.165, 1.54) is 12.3 Å². The summed E-state index contributed by atoms with van der Waals surface area (Å²) >= 11 is 0. The number of aromatic nitrogens is 1. The number of carboxylic acids is 1. The predicted octanol–water partition coefficient (Wildman–Crippen LogP) is 1.12. The Morgan fingerprint density at radius 1 is 1.53 bits per heavy atom. The van der Waals surface area contributed by atoms with Gasteiger partial charge in [0.15, 0.2) is 5.82 Å². The Labute approximate surface area is 111 Å². The van der Waals surface area contributed by atoms with Crippen molar-refractivity contribution >= 4 is 17.5 Å². The van der Waals surface area contributed by atoms with Crippen molar-refractivity contribution in [2.24, 2.45) is 0 Å². The number of rotatable bonds is 2. The Kier molecular flexibility index (Phi) is 3.02. The van der Waals surface area contributed by atoms with E-state index in [0.717, 1.165) is 19.3 Å². The van der Waals surface area contributed by atoms with Gasteiger partial charge in [0.1, 0.15) is 0 Å². The normalized spacial score (nSPS) is 26.2. The van der Waals surface area contributed by atoms with Gasteiger partial charge in [0.05, 0.1) is 30.0 Å². The Hall–Kier alpha value is -1.82. The molecule has 0 bridgehead atoms. The van der Waals surface area contributed by atoms with Crippen LogP contribution in [-0.2, 0) is 4.74 Å². The molecule has 1 saturated carbocycles. The number of hydrogen-bond acceptors (Lipinski definition) is 5. The van der Waals surface area contributed by atoms with Gasteiger partial charge >= 0.3 is 5.97 Å². The molecule has 6 nitrogen and oxygen atoms in total. The van der Waals surface area contributed by atoms with Crippen LogP contribution in [0.2, 0.25) is 0 Å². The van der Waals surface area contributed by atoms with E-state index < -0.39 is 5.97 Å². The Balaban J connectivity index is 1.97. The summed E-state index contributed by atoms with van der Waals surface area (Å²) < 4.78 is 5.74. The largest absolute Gasteiger partial charge is 0.478 e. The summed E-state index contributed by atoms with van der Waals surface area (Å²) in [6.07, 6.45) is 4.96. The minimum Gasteiger partial charge on any atom is -0.478 e. The van der Waals surface area contributed by atoms with Crippen LogP contribution in [0.1, 0.15) is 29.6 Å². The first-order chi connectivity index (χ1) is 9.18. The van der Waals surface area contributed by atoms with Crippen LogP contribution in [0.4, 0.5) is 11.5 Å². The van der Waals surface area contributed by atoms with Crippen LogP contribution in [0.15, 0.2) is 12.3 Å². The fourth-order valence-corrected chi connectivity index (χ4v) is 3.07. The number of hydrogen-bond donors (Lipinski definition) is 2. The quantitative estimate of drug-likeness (QED) is 0.831. The van der Waals surface area contributed by atoms with Crippen molar-refractivity contribution in [3.63, 3.8) is 0 Å². The van der Waals surface area contributed by atoms with Crippen LogP contribution in [0.3, 0.4) is 0 Å². The molecule has 0 aromatic carbocycles. The standard InChI is InChI=1S/C13H17N3O3/c14-11-8(13(17)18)4-5-15-12(11)16-6-7-19-10-3-1-2-9(10)16/h4-5,9-10H,1-3,6-7,14H2,(H,17,18). The summed E-state index contributed by atoms with van der Waals surface area (Å²) in [6, 6.07) is 1.71. The molecule has 2 atom stereocenters. The van der Waals surface area contributed by atoms with Gasteiger partial charge in [-0.1, -0.05) is 0 Å². The molecule has 1 aliphatic heterocycles. The molecule has 0 spiro atoms. The lowest BCUT2D eigenvalue weighted by molar-refractivity contribution is 0.0254. The van der Waals surface area contributed by atoms with Gasteiger partial charge in [-0.25, -0.2) is 9.78 Å². The molecule has 1 aromatic rings. The van der Waals surface area contributed by atoms with Crippen LogP contribution in [0.25, 0.3) is 0 Å². The zero-order valence-corrected chi connectivity index (χ0v) is 10.6. The zero-order valence-electron chi connectivity index (χ0n) is 10.6. The van der Waals surface area contributed by atoms with E-state index in [9.17, 15) is 4.79 Å². The molecule has 1 saturated heterocycles. The van der Waals surface area contributed by atoms with Gasteiger partial charge in [0.2, 0.25) is 0 Å².